The second-order valence-corrected chi connectivity index (χ2v) is 6.94. The van der Waals surface area contributed by atoms with E-state index in [9.17, 15) is 4.79 Å². The van der Waals surface area contributed by atoms with Gasteiger partial charge in [0.05, 0.1) is 44.1 Å². The van der Waals surface area contributed by atoms with Crippen LogP contribution in [0.1, 0.15) is 40.1 Å². The largest absolute Gasteiger partial charge is 0.497 e. The predicted octanol–water partition coefficient (Wildman–Crippen LogP) is 4.37. The number of hydrogen-bond acceptors (Lipinski definition) is 5. The number of rotatable bonds is 6. The highest BCUT2D eigenvalue weighted by Gasteiger charge is 2.18. The van der Waals surface area contributed by atoms with Crippen LogP contribution in [0.3, 0.4) is 0 Å². The van der Waals surface area contributed by atoms with Crippen molar-refractivity contribution in [1.82, 2.24) is 10.3 Å². The van der Waals surface area contributed by atoms with Crippen LogP contribution in [0.5, 0.6) is 17.2 Å². The van der Waals surface area contributed by atoms with Gasteiger partial charge in [0, 0.05) is 11.5 Å². The number of aromatic nitrogens is 1. The van der Waals surface area contributed by atoms with Crippen molar-refractivity contribution in [3.8, 4) is 17.2 Å². The van der Waals surface area contributed by atoms with Gasteiger partial charge in [0.1, 0.15) is 5.75 Å². The van der Waals surface area contributed by atoms with Gasteiger partial charge in [-0.3, -0.25) is 9.78 Å². The summed E-state index contributed by atoms with van der Waals surface area (Å²) in [4.78, 5) is 17.5. The molecule has 0 fully saturated rings. The summed E-state index contributed by atoms with van der Waals surface area (Å²) in [5.74, 6) is 1.86. The number of ether oxygens (including phenoxy) is 3. The van der Waals surface area contributed by atoms with Crippen LogP contribution in [0.25, 0.3) is 10.9 Å². The van der Waals surface area contributed by atoms with E-state index in [1.54, 1.807) is 21.3 Å². The number of aryl methyl sites for hydroxylation is 2. The minimum atomic E-state index is -0.215. The van der Waals surface area contributed by atoms with Gasteiger partial charge < -0.3 is 19.5 Å². The SMILES string of the molecule is COc1ccc2cc(C(=O)NC(C)c3cc(OC)c(OC)cc3C)c(C)nc2c1. The Kier molecular flexibility index (Phi) is 5.92. The third kappa shape index (κ3) is 4.11. The Morgan fingerprint density at radius 2 is 1.66 bits per heavy atom. The number of amides is 1. The minimum Gasteiger partial charge on any atom is -0.497 e. The summed E-state index contributed by atoms with van der Waals surface area (Å²) in [6.07, 6.45) is 0. The first kappa shape index (κ1) is 20.5. The number of benzene rings is 2. The van der Waals surface area contributed by atoms with Crippen LogP contribution < -0.4 is 19.5 Å². The van der Waals surface area contributed by atoms with Gasteiger partial charge in [-0.2, -0.15) is 0 Å². The number of pyridine rings is 1. The molecule has 6 nitrogen and oxygen atoms in total. The standard InChI is InChI=1S/C23H26N2O4/c1-13-9-21(28-5)22(29-6)12-18(13)14(2)25-23(26)19-10-16-7-8-17(27-4)11-20(16)24-15(19)3/h7-12,14H,1-6H3,(H,25,26). The fourth-order valence-electron chi connectivity index (χ4n) is 3.42. The molecular weight excluding hydrogens is 368 g/mol. The molecule has 0 spiro atoms. The summed E-state index contributed by atoms with van der Waals surface area (Å²) in [6.45, 7) is 5.76. The minimum absolute atomic E-state index is 0.172. The highest BCUT2D eigenvalue weighted by molar-refractivity contribution is 5.99. The van der Waals surface area contributed by atoms with Crippen molar-refractivity contribution in [3.63, 3.8) is 0 Å². The van der Waals surface area contributed by atoms with Gasteiger partial charge in [0.15, 0.2) is 11.5 Å². The first-order chi connectivity index (χ1) is 13.9. The summed E-state index contributed by atoms with van der Waals surface area (Å²) in [5.41, 5.74) is 3.98. The molecular formula is C23H26N2O4. The number of carbonyl (C=O) groups is 1. The lowest BCUT2D eigenvalue weighted by molar-refractivity contribution is 0.0939. The normalized spacial score (nSPS) is 11.8. The molecule has 29 heavy (non-hydrogen) atoms. The van der Waals surface area contributed by atoms with Crippen LogP contribution in [0.4, 0.5) is 0 Å². The smallest absolute Gasteiger partial charge is 0.253 e. The van der Waals surface area contributed by atoms with Crippen LogP contribution in [-0.4, -0.2) is 32.2 Å². The number of hydrogen-bond donors (Lipinski definition) is 1. The van der Waals surface area contributed by atoms with Gasteiger partial charge in [-0.05, 0) is 62.2 Å². The Bertz CT molecular complexity index is 1060. The zero-order chi connectivity index (χ0) is 21.1. The van der Waals surface area contributed by atoms with E-state index >= 15 is 0 Å². The lowest BCUT2D eigenvalue weighted by Crippen LogP contribution is -2.28. The van der Waals surface area contributed by atoms with Crippen molar-refractivity contribution in [2.45, 2.75) is 26.8 Å². The van der Waals surface area contributed by atoms with E-state index in [4.69, 9.17) is 14.2 Å². The fourth-order valence-corrected chi connectivity index (χ4v) is 3.42. The number of carbonyl (C=O) groups excluding carboxylic acids is 1. The molecule has 1 unspecified atom stereocenters. The molecule has 0 saturated heterocycles. The van der Waals surface area contributed by atoms with Gasteiger partial charge in [-0.1, -0.05) is 0 Å². The van der Waals surface area contributed by atoms with E-state index in [-0.39, 0.29) is 11.9 Å². The molecule has 0 aliphatic rings. The number of fused-ring (bicyclic) bond motifs is 1. The van der Waals surface area contributed by atoms with Crippen molar-refractivity contribution in [1.29, 1.82) is 0 Å². The van der Waals surface area contributed by atoms with Crippen LogP contribution in [0.15, 0.2) is 36.4 Å². The Morgan fingerprint density at radius 1 is 0.966 bits per heavy atom. The Balaban J connectivity index is 1.89. The maximum absolute atomic E-state index is 13.0. The summed E-state index contributed by atoms with van der Waals surface area (Å²) in [6, 6.07) is 11.1. The lowest BCUT2D eigenvalue weighted by Gasteiger charge is -2.19. The van der Waals surface area contributed by atoms with Gasteiger partial charge in [-0.25, -0.2) is 0 Å². The zero-order valence-electron chi connectivity index (χ0n) is 17.6. The van der Waals surface area contributed by atoms with E-state index < -0.39 is 0 Å². The van der Waals surface area contributed by atoms with Crippen molar-refractivity contribution >= 4 is 16.8 Å². The fraction of sp³-hybridized carbons (Fsp3) is 0.304. The van der Waals surface area contributed by atoms with Gasteiger partial charge in [0.25, 0.3) is 5.91 Å². The average molecular weight is 394 g/mol. The quantitative estimate of drug-likeness (QED) is 0.672. The molecule has 152 valence electrons. The molecule has 6 heteroatoms. The van der Waals surface area contributed by atoms with Crippen molar-refractivity contribution in [3.05, 3.63) is 58.8 Å². The second-order valence-electron chi connectivity index (χ2n) is 6.94. The lowest BCUT2D eigenvalue weighted by atomic mass is 10.0. The molecule has 3 rings (SSSR count). The second kappa shape index (κ2) is 8.39. The molecule has 0 radical (unpaired) electrons. The van der Waals surface area contributed by atoms with E-state index in [1.807, 2.05) is 57.2 Å². The molecule has 2 aromatic carbocycles. The topological polar surface area (TPSA) is 69.7 Å². The van der Waals surface area contributed by atoms with E-state index in [1.165, 1.54) is 0 Å². The Labute approximate surface area is 170 Å². The summed E-state index contributed by atoms with van der Waals surface area (Å²) < 4.78 is 16.0. The van der Waals surface area contributed by atoms with Crippen LogP contribution >= 0.6 is 0 Å². The van der Waals surface area contributed by atoms with Crippen molar-refractivity contribution in [2.24, 2.45) is 0 Å². The molecule has 0 aliphatic heterocycles. The molecule has 3 aromatic rings. The predicted molar refractivity (Wildman–Crippen MR) is 113 cm³/mol. The molecule has 1 aromatic heterocycles. The highest BCUT2D eigenvalue weighted by atomic mass is 16.5. The maximum Gasteiger partial charge on any atom is 0.253 e. The van der Waals surface area contributed by atoms with E-state index in [0.29, 0.717) is 22.8 Å². The number of methoxy groups -OCH3 is 3. The number of nitrogens with zero attached hydrogens (tertiary/aromatic N) is 1. The molecule has 0 bridgehead atoms. The van der Waals surface area contributed by atoms with E-state index in [2.05, 4.69) is 10.3 Å². The molecule has 1 amide bonds. The van der Waals surface area contributed by atoms with Gasteiger partial charge in [-0.15, -0.1) is 0 Å². The summed E-state index contributed by atoms with van der Waals surface area (Å²) >= 11 is 0. The first-order valence-corrected chi connectivity index (χ1v) is 9.36. The molecule has 1 N–H and O–H groups in total. The summed E-state index contributed by atoms with van der Waals surface area (Å²) in [5, 5.41) is 3.96. The highest BCUT2D eigenvalue weighted by Crippen LogP contribution is 2.33. The Morgan fingerprint density at radius 3 is 2.31 bits per heavy atom. The van der Waals surface area contributed by atoms with Crippen LogP contribution in [-0.2, 0) is 0 Å². The molecule has 0 saturated carbocycles. The third-order valence-corrected chi connectivity index (χ3v) is 5.05. The molecule has 1 heterocycles. The zero-order valence-corrected chi connectivity index (χ0v) is 17.6. The molecule has 0 aliphatic carbocycles. The first-order valence-electron chi connectivity index (χ1n) is 9.36. The van der Waals surface area contributed by atoms with Crippen LogP contribution in [0, 0.1) is 13.8 Å². The average Bonchev–Trinajstić information content (AvgIpc) is 2.72. The van der Waals surface area contributed by atoms with Gasteiger partial charge in [0.2, 0.25) is 0 Å². The maximum atomic E-state index is 13.0. The van der Waals surface area contributed by atoms with Crippen molar-refractivity contribution in [2.75, 3.05) is 21.3 Å². The van der Waals surface area contributed by atoms with Crippen LogP contribution in [0.2, 0.25) is 0 Å². The summed E-state index contributed by atoms with van der Waals surface area (Å²) in [7, 11) is 4.82. The number of nitrogens with one attached hydrogen (secondary N) is 1. The Hall–Kier alpha value is -3.28. The monoisotopic (exact) mass is 394 g/mol. The van der Waals surface area contributed by atoms with Gasteiger partial charge >= 0.3 is 0 Å². The molecule has 1 atom stereocenters. The van der Waals surface area contributed by atoms with Crippen molar-refractivity contribution < 1.29 is 19.0 Å². The van der Waals surface area contributed by atoms with E-state index in [0.717, 1.165) is 27.8 Å². The third-order valence-electron chi connectivity index (χ3n) is 5.05.